The Bertz CT molecular complexity index is 448. The van der Waals surface area contributed by atoms with Crippen LogP contribution in [0.3, 0.4) is 0 Å². The summed E-state index contributed by atoms with van der Waals surface area (Å²) in [5.41, 5.74) is 6.62. The summed E-state index contributed by atoms with van der Waals surface area (Å²) >= 11 is 12.2. The molecule has 0 spiro atoms. The van der Waals surface area contributed by atoms with Gasteiger partial charge in [-0.3, -0.25) is 10.3 Å². The molecule has 18 heavy (non-hydrogen) atoms. The Morgan fingerprint density at radius 3 is 2.94 bits per heavy atom. The molecule has 1 fully saturated rings. The van der Waals surface area contributed by atoms with E-state index in [1.165, 1.54) is 0 Å². The molecule has 5 heteroatoms. The molecular weight excluding hydrogens is 269 g/mol. The summed E-state index contributed by atoms with van der Waals surface area (Å²) in [6.45, 7) is 2.62. The van der Waals surface area contributed by atoms with Crippen molar-refractivity contribution >= 4 is 29.0 Å². The molecular formula is C13H17Cl2N3. The van der Waals surface area contributed by atoms with Crippen LogP contribution in [0.1, 0.15) is 18.4 Å². The molecule has 0 amide bonds. The molecule has 3 N–H and O–H groups in total. The maximum atomic E-state index is 7.54. The lowest BCUT2D eigenvalue weighted by atomic mass is 9.96. The molecule has 1 aliphatic heterocycles. The van der Waals surface area contributed by atoms with E-state index in [2.05, 4.69) is 4.90 Å². The van der Waals surface area contributed by atoms with E-state index in [-0.39, 0.29) is 11.8 Å². The van der Waals surface area contributed by atoms with Crippen LogP contribution in [0.2, 0.25) is 10.0 Å². The third-order valence-electron chi connectivity index (χ3n) is 3.37. The normalized spacial score (nSPS) is 20.9. The summed E-state index contributed by atoms with van der Waals surface area (Å²) in [4.78, 5) is 2.28. The third kappa shape index (κ3) is 3.16. The quantitative estimate of drug-likeness (QED) is 0.662. The first-order valence-electron chi connectivity index (χ1n) is 6.07. The van der Waals surface area contributed by atoms with Gasteiger partial charge in [-0.25, -0.2) is 0 Å². The summed E-state index contributed by atoms with van der Waals surface area (Å²) < 4.78 is 0. The minimum absolute atomic E-state index is 0.178. The molecule has 1 aromatic carbocycles. The number of halogens is 2. The topological polar surface area (TPSA) is 53.1 Å². The van der Waals surface area contributed by atoms with Crippen molar-refractivity contribution in [3.63, 3.8) is 0 Å². The number of likely N-dealkylation sites (tertiary alicyclic amines) is 1. The largest absolute Gasteiger partial charge is 0.387 e. The number of nitrogens with zero attached hydrogens (tertiary/aromatic N) is 1. The van der Waals surface area contributed by atoms with Crippen molar-refractivity contribution in [2.45, 2.75) is 19.4 Å². The van der Waals surface area contributed by atoms with Crippen molar-refractivity contribution in [1.82, 2.24) is 4.90 Å². The van der Waals surface area contributed by atoms with Crippen molar-refractivity contribution in [3.05, 3.63) is 33.8 Å². The molecule has 1 atom stereocenters. The van der Waals surface area contributed by atoms with Crippen molar-refractivity contribution in [3.8, 4) is 0 Å². The second-order valence-electron chi connectivity index (χ2n) is 4.74. The van der Waals surface area contributed by atoms with Crippen LogP contribution < -0.4 is 5.73 Å². The van der Waals surface area contributed by atoms with Crippen molar-refractivity contribution in [2.75, 3.05) is 13.1 Å². The minimum atomic E-state index is 0.178. The smallest absolute Gasteiger partial charge is 0.0949 e. The standard InChI is InChI=1S/C13H17Cl2N3/c14-11-5-1-3-9(12(11)15)7-18-6-2-4-10(8-18)13(16)17/h1,3,5,10H,2,4,6-8H2,(H3,16,17). The lowest BCUT2D eigenvalue weighted by molar-refractivity contribution is 0.196. The van der Waals surface area contributed by atoms with Gasteiger partial charge in [0.15, 0.2) is 0 Å². The number of amidine groups is 1. The second kappa shape index (κ2) is 5.91. The average molecular weight is 286 g/mol. The Morgan fingerprint density at radius 1 is 1.44 bits per heavy atom. The van der Waals surface area contributed by atoms with Crippen molar-refractivity contribution in [1.29, 1.82) is 5.41 Å². The fourth-order valence-electron chi connectivity index (χ4n) is 2.36. The molecule has 1 aliphatic rings. The van der Waals surface area contributed by atoms with Gasteiger partial charge in [0.2, 0.25) is 0 Å². The van der Waals surface area contributed by atoms with E-state index in [0.717, 1.165) is 38.0 Å². The van der Waals surface area contributed by atoms with Gasteiger partial charge in [-0.1, -0.05) is 35.3 Å². The van der Waals surface area contributed by atoms with Crippen molar-refractivity contribution < 1.29 is 0 Å². The zero-order chi connectivity index (χ0) is 13.1. The van der Waals surface area contributed by atoms with Gasteiger partial charge in [-0.05, 0) is 31.0 Å². The Hall–Kier alpha value is -0.770. The highest BCUT2D eigenvalue weighted by atomic mass is 35.5. The average Bonchev–Trinajstić information content (AvgIpc) is 2.35. The Morgan fingerprint density at radius 2 is 2.22 bits per heavy atom. The SMILES string of the molecule is N=C(N)C1CCCN(Cc2cccc(Cl)c2Cl)C1. The van der Waals surface area contributed by atoms with Crippen LogP contribution in [0.5, 0.6) is 0 Å². The lowest BCUT2D eigenvalue weighted by Crippen LogP contribution is -2.40. The highest BCUT2D eigenvalue weighted by Crippen LogP contribution is 2.27. The number of hydrogen-bond acceptors (Lipinski definition) is 2. The molecule has 98 valence electrons. The fourth-order valence-corrected chi connectivity index (χ4v) is 2.74. The molecule has 2 rings (SSSR count). The highest BCUT2D eigenvalue weighted by molar-refractivity contribution is 6.42. The summed E-state index contributed by atoms with van der Waals surface area (Å²) in [5.74, 6) is 0.466. The van der Waals surface area contributed by atoms with E-state index in [9.17, 15) is 0 Å². The number of hydrogen-bond donors (Lipinski definition) is 2. The number of piperidine rings is 1. The third-order valence-corrected chi connectivity index (χ3v) is 4.23. The van der Waals surface area contributed by atoms with E-state index in [1.54, 1.807) is 6.07 Å². The first-order valence-corrected chi connectivity index (χ1v) is 6.82. The molecule has 0 radical (unpaired) electrons. The van der Waals surface area contributed by atoms with Gasteiger partial charge in [-0.2, -0.15) is 0 Å². The molecule has 0 saturated carbocycles. The molecule has 1 aromatic rings. The molecule has 1 saturated heterocycles. The van der Waals surface area contributed by atoms with E-state index < -0.39 is 0 Å². The van der Waals surface area contributed by atoms with Gasteiger partial charge < -0.3 is 5.73 Å². The molecule has 1 heterocycles. The first kappa shape index (κ1) is 13.7. The maximum Gasteiger partial charge on any atom is 0.0949 e. The van der Waals surface area contributed by atoms with Crippen LogP contribution in [-0.2, 0) is 6.54 Å². The van der Waals surface area contributed by atoms with E-state index in [0.29, 0.717) is 10.0 Å². The van der Waals surface area contributed by atoms with E-state index in [4.69, 9.17) is 34.3 Å². The molecule has 1 unspecified atom stereocenters. The summed E-state index contributed by atoms with van der Waals surface area (Å²) in [6.07, 6.45) is 2.08. The molecule has 3 nitrogen and oxygen atoms in total. The number of nitrogens with one attached hydrogen (secondary N) is 1. The maximum absolute atomic E-state index is 7.54. The molecule has 0 aromatic heterocycles. The van der Waals surface area contributed by atoms with Gasteiger partial charge in [0.05, 0.1) is 15.9 Å². The number of benzene rings is 1. The van der Waals surface area contributed by atoms with Gasteiger partial charge in [0.1, 0.15) is 0 Å². The zero-order valence-corrected chi connectivity index (χ0v) is 11.6. The number of rotatable bonds is 3. The highest BCUT2D eigenvalue weighted by Gasteiger charge is 2.22. The minimum Gasteiger partial charge on any atom is -0.387 e. The van der Waals surface area contributed by atoms with Gasteiger partial charge in [-0.15, -0.1) is 0 Å². The van der Waals surface area contributed by atoms with Crippen LogP contribution >= 0.6 is 23.2 Å². The van der Waals surface area contributed by atoms with Gasteiger partial charge in [0, 0.05) is 19.0 Å². The van der Waals surface area contributed by atoms with Gasteiger partial charge >= 0.3 is 0 Å². The summed E-state index contributed by atoms with van der Waals surface area (Å²) in [5, 5.41) is 8.76. The fraction of sp³-hybridized carbons (Fsp3) is 0.462. The van der Waals surface area contributed by atoms with Gasteiger partial charge in [0.25, 0.3) is 0 Å². The Kier molecular flexibility index (Phi) is 4.49. The Labute approximate surface area is 117 Å². The van der Waals surface area contributed by atoms with Crippen LogP contribution in [0, 0.1) is 11.3 Å². The van der Waals surface area contributed by atoms with E-state index >= 15 is 0 Å². The first-order chi connectivity index (χ1) is 8.58. The van der Waals surface area contributed by atoms with Crippen LogP contribution in [0.4, 0.5) is 0 Å². The van der Waals surface area contributed by atoms with Crippen LogP contribution in [0.15, 0.2) is 18.2 Å². The van der Waals surface area contributed by atoms with Crippen LogP contribution in [0.25, 0.3) is 0 Å². The summed E-state index contributed by atoms with van der Waals surface area (Å²) in [6, 6.07) is 5.70. The monoisotopic (exact) mass is 285 g/mol. The van der Waals surface area contributed by atoms with E-state index in [1.807, 2.05) is 12.1 Å². The zero-order valence-electron chi connectivity index (χ0n) is 10.1. The molecule has 0 aliphatic carbocycles. The lowest BCUT2D eigenvalue weighted by Gasteiger charge is -2.32. The Balaban J connectivity index is 2.05. The predicted molar refractivity (Wildman–Crippen MR) is 76.4 cm³/mol. The summed E-state index contributed by atoms with van der Waals surface area (Å²) in [7, 11) is 0. The van der Waals surface area contributed by atoms with Crippen molar-refractivity contribution in [2.24, 2.45) is 11.7 Å². The second-order valence-corrected chi connectivity index (χ2v) is 5.53. The van der Waals surface area contributed by atoms with Crippen LogP contribution in [-0.4, -0.2) is 23.8 Å². The molecule has 0 bridgehead atoms. The number of nitrogens with two attached hydrogens (primary N) is 1. The predicted octanol–water partition coefficient (Wildman–Crippen LogP) is 3.14.